The Morgan fingerprint density at radius 1 is 0.191 bits per heavy atom. The Kier molecular flexibility index (Phi) is 19.7. The molecule has 19 aromatic rings. The maximum absolute atomic E-state index is 2.78. The second-order valence-electron chi connectivity index (χ2n) is 44.6. The summed E-state index contributed by atoms with van der Waals surface area (Å²) in [5.41, 5.74) is 39.2. The summed E-state index contributed by atoms with van der Waals surface area (Å²) in [4.78, 5) is 5.55. The lowest BCUT2D eigenvalue weighted by Crippen LogP contribution is -2.61. The van der Waals surface area contributed by atoms with Gasteiger partial charge < -0.3 is 18.9 Å². The zero-order chi connectivity index (χ0) is 91.2. The molecule has 0 amide bonds. The molecule has 0 radical (unpaired) electrons. The number of anilines is 6. The maximum Gasteiger partial charge on any atom is 0.252 e. The van der Waals surface area contributed by atoms with Crippen molar-refractivity contribution in [1.29, 1.82) is 0 Å². The van der Waals surface area contributed by atoms with Gasteiger partial charge in [-0.1, -0.05) is 400 Å². The van der Waals surface area contributed by atoms with Gasteiger partial charge in [-0.25, -0.2) is 0 Å². The average molecular weight is 1700 g/mol. The van der Waals surface area contributed by atoms with E-state index >= 15 is 0 Å². The maximum atomic E-state index is 2.78. The minimum Gasteiger partial charge on any atom is -0.310 e. The molecule has 0 spiro atoms. The first kappa shape index (κ1) is 84.4. The fraction of sp³-hybridized carbons (Fsp3) is 0.222. The van der Waals surface area contributed by atoms with E-state index in [1.807, 2.05) is 0 Å². The van der Waals surface area contributed by atoms with E-state index in [2.05, 4.69) is 504 Å². The first-order valence-corrected chi connectivity index (χ1v) is 47.3. The number of para-hydroxylation sites is 2. The van der Waals surface area contributed by atoms with Gasteiger partial charge >= 0.3 is 0 Å². The molecule has 0 aliphatic carbocycles. The average Bonchev–Trinajstić information content (AvgIpc) is 1.10. The molecule has 2 aliphatic rings. The molecule has 17 aromatic carbocycles. The van der Waals surface area contributed by atoms with Crippen LogP contribution < -0.4 is 26.2 Å². The first-order chi connectivity index (χ1) is 62.4. The highest BCUT2D eigenvalue weighted by Gasteiger charge is 2.47. The fourth-order valence-electron chi connectivity index (χ4n) is 21.1. The molecule has 4 nitrogen and oxygen atoms in total. The molecule has 0 N–H and O–H groups in total. The predicted octanol–water partition coefficient (Wildman–Crippen LogP) is 33.4. The highest BCUT2D eigenvalue weighted by Crippen LogP contribution is 2.57. The van der Waals surface area contributed by atoms with Crippen LogP contribution >= 0.6 is 0 Å². The Bertz CT molecular complexity index is 7200. The first-order valence-electron chi connectivity index (χ1n) is 47.3. The summed E-state index contributed by atoms with van der Waals surface area (Å²) in [6, 6.07) is 133. The molecule has 0 bridgehead atoms. The Balaban J connectivity index is 0.937. The van der Waals surface area contributed by atoms with Gasteiger partial charge in [0, 0.05) is 77.9 Å². The Morgan fingerprint density at radius 3 is 0.748 bits per heavy atom. The van der Waals surface area contributed by atoms with E-state index in [4.69, 9.17) is 0 Å². The highest BCUT2D eigenvalue weighted by atomic mass is 15.2. The zero-order valence-electron chi connectivity index (χ0n) is 80.2. The van der Waals surface area contributed by atoms with Gasteiger partial charge in [-0.05, 0) is 244 Å². The smallest absolute Gasteiger partial charge is 0.252 e. The van der Waals surface area contributed by atoms with Crippen LogP contribution in [0.25, 0.3) is 143 Å². The van der Waals surface area contributed by atoms with Gasteiger partial charge in [0.1, 0.15) is 0 Å². The largest absolute Gasteiger partial charge is 0.310 e. The van der Waals surface area contributed by atoms with Crippen molar-refractivity contribution in [2.45, 2.75) is 183 Å². The fourth-order valence-corrected chi connectivity index (χ4v) is 21.1. The molecule has 0 unspecified atom stereocenters. The molecule has 5 heteroatoms. The standard InChI is InChI=1S/C126H119BN4/c1-120(2,3)84-62-82(63-85(66-84)121(4,5)6)99-76-111-115(95-52-36-34-50-93(95)99)97-54-38-40-56-107(97)128(111)91-58-60-105-109(74-91)130(118-101(78-42-26-22-27-43-78)68-88(124(13,14)15)69-102(118)79-44-28-23-29-45-79)113-72-90(126(19,20)21)73-114-117(113)127(105)106-61-59-92(75-110(106)131(114)119-103(80-46-30-24-31-47-80)70-89(125(16,17)18)71-104(119)81-48-32-25-33-49-81)129-108-57-41-39-55-98(108)116-96-53-37-35-51-94(96)100(77-112(116)129)83-64-86(122(7,8)9)67-87(65-83)123(10,11)12/h22-77H,1-21H3. The third-order valence-electron chi connectivity index (χ3n) is 28.5. The lowest BCUT2D eigenvalue weighted by Gasteiger charge is -2.47. The van der Waals surface area contributed by atoms with E-state index in [1.54, 1.807) is 0 Å². The Morgan fingerprint density at radius 2 is 0.450 bits per heavy atom. The number of hydrogen-bond donors (Lipinski definition) is 0. The summed E-state index contributed by atoms with van der Waals surface area (Å²) in [6.45, 7) is 49.5. The lowest BCUT2D eigenvalue weighted by molar-refractivity contribution is 0.568. The van der Waals surface area contributed by atoms with Crippen LogP contribution in [-0.2, 0) is 37.9 Å². The highest BCUT2D eigenvalue weighted by molar-refractivity contribution is 7.00. The van der Waals surface area contributed by atoms with Crippen LogP contribution in [-0.4, -0.2) is 15.8 Å². The Hall–Kier alpha value is -13.5. The second-order valence-corrected chi connectivity index (χ2v) is 44.6. The second kappa shape index (κ2) is 30.6. The van der Waals surface area contributed by atoms with Gasteiger partial charge in [-0.3, -0.25) is 0 Å². The van der Waals surface area contributed by atoms with Crippen molar-refractivity contribution >= 4 is 122 Å². The predicted molar refractivity (Wildman–Crippen MR) is 568 cm³/mol. The summed E-state index contributed by atoms with van der Waals surface area (Å²) >= 11 is 0. The van der Waals surface area contributed by atoms with Crippen molar-refractivity contribution in [2.24, 2.45) is 0 Å². The molecular formula is C126H119BN4. The topological polar surface area (TPSA) is 16.3 Å². The molecule has 131 heavy (non-hydrogen) atoms. The summed E-state index contributed by atoms with van der Waals surface area (Å²) < 4.78 is 5.24. The number of nitrogens with zero attached hydrogens (tertiary/aromatic N) is 4. The number of rotatable bonds is 10. The molecular weight excluding hydrogens is 1580 g/mol. The summed E-state index contributed by atoms with van der Waals surface area (Å²) in [5, 5.41) is 9.87. The van der Waals surface area contributed by atoms with Gasteiger partial charge in [-0.15, -0.1) is 0 Å². The molecule has 0 atom stereocenters. The van der Waals surface area contributed by atoms with E-state index in [0.29, 0.717) is 0 Å². The van der Waals surface area contributed by atoms with Crippen LogP contribution in [0.15, 0.2) is 340 Å². The van der Waals surface area contributed by atoms with E-state index in [0.717, 1.165) is 112 Å². The van der Waals surface area contributed by atoms with Crippen LogP contribution in [0.3, 0.4) is 0 Å². The number of fused-ring (bicyclic) bond motifs is 14. The van der Waals surface area contributed by atoms with Crippen LogP contribution in [0, 0.1) is 0 Å². The SMILES string of the molecule is CC(C)(C)c1cc(-c2cc3c(c4ccccc24)c2ccccc2n3-c2ccc3c(c2)N(c2c(-c4ccccc4)cc(C(C)(C)C)cc2-c2ccccc2)c2cc(C(C)(C)C)cc4c2B3c2ccc(-n3c5ccccc5c5c6ccccc6c(-c6cc(C(C)(C)C)cc(C(C)(C)C)c6)cc53)cc2N4c2c(-c3ccccc3)cc(C(C)(C)C)cc2-c2ccccc2)cc(C(C)(C)C)c1. The lowest BCUT2D eigenvalue weighted by atomic mass is 9.33. The van der Waals surface area contributed by atoms with Crippen molar-refractivity contribution < 1.29 is 0 Å². The quantitative estimate of drug-likeness (QED) is 0.127. The summed E-state index contributed by atoms with van der Waals surface area (Å²) in [7, 11) is 0. The van der Waals surface area contributed by atoms with E-state index < -0.39 is 5.41 Å². The molecule has 0 saturated carbocycles. The van der Waals surface area contributed by atoms with Gasteiger partial charge in [0.05, 0.1) is 33.4 Å². The van der Waals surface area contributed by atoms with Crippen molar-refractivity contribution in [3.63, 3.8) is 0 Å². The van der Waals surface area contributed by atoms with Gasteiger partial charge in [0.2, 0.25) is 0 Å². The van der Waals surface area contributed by atoms with Gasteiger partial charge in [-0.2, -0.15) is 0 Å². The van der Waals surface area contributed by atoms with Crippen LogP contribution in [0.4, 0.5) is 34.1 Å². The Labute approximate surface area is 776 Å². The van der Waals surface area contributed by atoms with E-state index in [-0.39, 0.29) is 39.2 Å². The van der Waals surface area contributed by atoms with Crippen molar-refractivity contribution in [1.82, 2.24) is 9.13 Å². The van der Waals surface area contributed by atoms with Gasteiger partial charge in [0.25, 0.3) is 6.71 Å². The van der Waals surface area contributed by atoms with E-state index in [1.165, 1.54) is 121 Å². The molecule has 2 aliphatic heterocycles. The molecule has 21 rings (SSSR count). The van der Waals surface area contributed by atoms with Crippen molar-refractivity contribution in [2.75, 3.05) is 9.80 Å². The number of hydrogen-bond acceptors (Lipinski definition) is 2. The molecule has 2 aromatic heterocycles. The summed E-state index contributed by atoms with van der Waals surface area (Å²) in [6.07, 6.45) is 0. The molecule has 646 valence electrons. The molecule has 0 saturated heterocycles. The third-order valence-corrected chi connectivity index (χ3v) is 28.5. The minimum atomic E-state index is -0.392. The number of aromatic nitrogens is 2. The monoisotopic (exact) mass is 1700 g/mol. The molecule has 0 fully saturated rings. The normalized spacial score (nSPS) is 13.3. The van der Waals surface area contributed by atoms with Crippen LogP contribution in [0.1, 0.15) is 184 Å². The minimum absolute atomic E-state index is 0.0995. The van der Waals surface area contributed by atoms with Gasteiger partial charge in [0.15, 0.2) is 0 Å². The third kappa shape index (κ3) is 14.3. The van der Waals surface area contributed by atoms with Crippen molar-refractivity contribution in [3.05, 3.63) is 379 Å². The van der Waals surface area contributed by atoms with Crippen LogP contribution in [0.5, 0.6) is 0 Å². The van der Waals surface area contributed by atoms with Crippen LogP contribution in [0.2, 0.25) is 0 Å². The zero-order valence-corrected chi connectivity index (χ0v) is 80.2. The molecule has 4 heterocycles. The van der Waals surface area contributed by atoms with Crippen molar-refractivity contribution in [3.8, 4) is 78.1 Å². The number of benzene rings is 17. The van der Waals surface area contributed by atoms with E-state index in [9.17, 15) is 0 Å². The summed E-state index contributed by atoms with van der Waals surface area (Å²) in [5.74, 6) is 0.